The Bertz CT molecular complexity index is 1200. The van der Waals surface area contributed by atoms with E-state index < -0.39 is 10.0 Å². The van der Waals surface area contributed by atoms with Crippen molar-refractivity contribution in [2.75, 3.05) is 22.0 Å². The minimum atomic E-state index is -3.49. The highest BCUT2D eigenvalue weighted by Gasteiger charge is 2.24. The van der Waals surface area contributed by atoms with Gasteiger partial charge in [0.2, 0.25) is 10.0 Å². The summed E-state index contributed by atoms with van der Waals surface area (Å²) in [4.78, 5) is 15.0. The van der Waals surface area contributed by atoms with E-state index in [1.165, 1.54) is 16.1 Å². The van der Waals surface area contributed by atoms with Crippen LogP contribution in [-0.4, -0.2) is 27.1 Å². The Labute approximate surface area is 184 Å². The molecule has 0 aliphatic carbocycles. The number of fused-ring (bicyclic) bond motifs is 1. The van der Waals surface area contributed by atoms with Gasteiger partial charge in [-0.2, -0.15) is 0 Å². The molecule has 160 valence electrons. The Morgan fingerprint density at radius 2 is 1.65 bits per heavy atom. The summed E-state index contributed by atoms with van der Waals surface area (Å²) in [5.41, 5.74) is 5.20. The van der Waals surface area contributed by atoms with Crippen molar-refractivity contribution in [2.45, 2.75) is 26.3 Å². The molecule has 3 aromatic carbocycles. The largest absolute Gasteiger partial charge is 0.308 e. The third kappa shape index (κ3) is 4.49. The fourth-order valence-electron chi connectivity index (χ4n) is 4.01. The first-order valence-corrected chi connectivity index (χ1v) is 12.2. The maximum absolute atomic E-state index is 13.2. The van der Waals surface area contributed by atoms with Gasteiger partial charge >= 0.3 is 0 Å². The summed E-state index contributed by atoms with van der Waals surface area (Å²) in [6, 6.07) is 22.6. The van der Waals surface area contributed by atoms with Gasteiger partial charge < -0.3 is 4.90 Å². The number of nitrogens with zero attached hydrogens (tertiary/aromatic N) is 2. The molecule has 1 amide bonds. The monoisotopic (exact) mass is 434 g/mol. The molecule has 0 aromatic heterocycles. The van der Waals surface area contributed by atoms with Gasteiger partial charge in [-0.05, 0) is 66.8 Å². The maximum atomic E-state index is 13.2. The highest BCUT2D eigenvalue weighted by atomic mass is 32.2. The molecule has 1 aliphatic rings. The first-order chi connectivity index (χ1) is 14.8. The molecule has 0 atom stereocenters. The lowest BCUT2D eigenvalue weighted by Crippen LogP contribution is -2.35. The first-order valence-electron chi connectivity index (χ1n) is 10.4. The molecule has 0 spiro atoms. The maximum Gasteiger partial charge on any atom is 0.258 e. The zero-order chi connectivity index (χ0) is 22.0. The Morgan fingerprint density at radius 3 is 2.35 bits per heavy atom. The molecule has 0 saturated carbocycles. The summed E-state index contributed by atoms with van der Waals surface area (Å²) < 4.78 is 26.4. The van der Waals surface area contributed by atoms with Crippen LogP contribution in [0.5, 0.6) is 0 Å². The predicted octanol–water partition coefficient (Wildman–Crippen LogP) is 4.55. The molecular weight excluding hydrogens is 408 g/mol. The van der Waals surface area contributed by atoms with Gasteiger partial charge in [-0.15, -0.1) is 0 Å². The summed E-state index contributed by atoms with van der Waals surface area (Å²) >= 11 is 0. The van der Waals surface area contributed by atoms with Crippen LogP contribution in [0.1, 0.15) is 33.5 Å². The van der Waals surface area contributed by atoms with Crippen molar-refractivity contribution >= 4 is 27.3 Å². The minimum absolute atomic E-state index is 0.0662. The lowest BCUT2D eigenvalue weighted by atomic mass is 10.0. The second kappa shape index (κ2) is 8.55. The number of para-hydroxylation sites is 1. The highest BCUT2D eigenvalue weighted by molar-refractivity contribution is 7.92. The number of carbonyl (C=O) groups excluding carboxylic acids is 1. The third-order valence-electron chi connectivity index (χ3n) is 5.73. The average molecular weight is 435 g/mol. The summed E-state index contributed by atoms with van der Waals surface area (Å²) in [5.74, 6) is -0.0662. The zero-order valence-corrected chi connectivity index (χ0v) is 18.6. The number of amides is 1. The standard InChI is InChI=1S/C25H26N2O3S/c1-19-8-3-4-10-22(19)18-27(31(2,29)30)23-15-13-21(14-16-23)25(28)26-17-7-11-20-9-5-6-12-24(20)26/h3-6,8-10,12-16H,7,11,17-18H2,1-2H3. The quantitative estimate of drug-likeness (QED) is 0.592. The van der Waals surface area contributed by atoms with E-state index in [4.69, 9.17) is 0 Å². The molecule has 5 nitrogen and oxygen atoms in total. The van der Waals surface area contributed by atoms with Gasteiger partial charge in [-0.25, -0.2) is 8.42 Å². The van der Waals surface area contributed by atoms with Crippen LogP contribution in [-0.2, 0) is 23.0 Å². The van der Waals surface area contributed by atoms with Gasteiger partial charge in [0.25, 0.3) is 5.91 Å². The lowest BCUT2D eigenvalue weighted by Gasteiger charge is -2.29. The SMILES string of the molecule is Cc1ccccc1CN(c1ccc(C(=O)N2CCCc3ccccc32)cc1)S(C)(=O)=O. The van der Waals surface area contributed by atoms with E-state index in [0.29, 0.717) is 17.8 Å². The molecule has 0 unspecified atom stereocenters. The Kier molecular flexibility index (Phi) is 5.83. The van der Waals surface area contributed by atoms with Crippen LogP contribution in [0.25, 0.3) is 0 Å². The molecular formula is C25H26N2O3S. The molecule has 0 saturated heterocycles. The third-order valence-corrected chi connectivity index (χ3v) is 6.87. The van der Waals surface area contributed by atoms with E-state index in [2.05, 4.69) is 6.07 Å². The second-order valence-electron chi connectivity index (χ2n) is 7.93. The number of hydrogen-bond acceptors (Lipinski definition) is 3. The number of anilines is 2. The van der Waals surface area contributed by atoms with E-state index in [0.717, 1.165) is 29.7 Å². The molecule has 0 radical (unpaired) electrons. The number of carbonyl (C=O) groups is 1. The molecule has 1 aliphatic heterocycles. The average Bonchev–Trinajstić information content (AvgIpc) is 2.77. The Hall–Kier alpha value is -3.12. The molecule has 0 bridgehead atoms. The van der Waals surface area contributed by atoms with Crippen LogP contribution >= 0.6 is 0 Å². The lowest BCUT2D eigenvalue weighted by molar-refractivity contribution is 0.0985. The number of benzene rings is 3. The molecule has 0 fully saturated rings. The van der Waals surface area contributed by atoms with Crippen molar-refractivity contribution in [2.24, 2.45) is 0 Å². The van der Waals surface area contributed by atoms with E-state index in [1.54, 1.807) is 24.3 Å². The Morgan fingerprint density at radius 1 is 0.968 bits per heavy atom. The topological polar surface area (TPSA) is 57.7 Å². The van der Waals surface area contributed by atoms with Gasteiger partial charge in [0.15, 0.2) is 0 Å². The van der Waals surface area contributed by atoms with Gasteiger partial charge in [0, 0.05) is 17.8 Å². The summed E-state index contributed by atoms with van der Waals surface area (Å²) in [5, 5.41) is 0. The fraction of sp³-hybridized carbons (Fsp3) is 0.240. The van der Waals surface area contributed by atoms with Crippen LogP contribution < -0.4 is 9.21 Å². The predicted molar refractivity (Wildman–Crippen MR) is 125 cm³/mol. The number of aryl methyl sites for hydroxylation is 2. The minimum Gasteiger partial charge on any atom is -0.308 e. The molecule has 1 heterocycles. The van der Waals surface area contributed by atoms with Gasteiger partial charge in [0.1, 0.15) is 0 Å². The first kappa shape index (κ1) is 21.1. The van der Waals surface area contributed by atoms with Crippen molar-refractivity contribution < 1.29 is 13.2 Å². The van der Waals surface area contributed by atoms with E-state index in [-0.39, 0.29) is 12.5 Å². The number of rotatable bonds is 5. The molecule has 4 rings (SSSR count). The molecule has 6 heteroatoms. The number of sulfonamides is 1. The van der Waals surface area contributed by atoms with Crippen LogP contribution in [0.3, 0.4) is 0 Å². The fourth-order valence-corrected chi connectivity index (χ4v) is 4.89. The molecule has 31 heavy (non-hydrogen) atoms. The van der Waals surface area contributed by atoms with Crippen LogP contribution in [0, 0.1) is 6.92 Å². The normalized spacial score (nSPS) is 13.5. The molecule has 0 N–H and O–H groups in total. The van der Waals surface area contributed by atoms with E-state index >= 15 is 0 Å². The van der Waals surface area contributed by atoms with Crippen molar-refractivity contribution in [3.8, 4) is 0 Å². The number of hydrogen-bond donors (Lipinski definition) is 0. The Balaban J connectivity index is 1.61. The highest BCUT2D eigenvalue weighted by Crippen LogP contribution is 2.29. The van der Waals surface area contributed by atoms with E-state index in [9.17, 15) is 13.2 Å². The van der Waals surface area contributed by atoms with Crippen LogP contribution in [0.15, 0.2) is 72.8 Å². The van der Waals surface area contributed by atoms with Gasteiger partial charge in [-0.3, -0.25) is 9.10 Å². The van der Waals surface area contributed by atoms with Gasteiger partial charge in [0.05, 0.1) is 18.5 Å². The van der Waals surface area contributed by atoms with Gasteiger partial charge in [-0.1, -0.05) is 42.5 Å². The zero-order valence-electron chi connectivity index (χ0n) is 17.8. The summed E-state index contributed by atoms with van der Waals surface area (Å²) in [7, 11) is -3.49. The van der Waals surface area contributed by atoms with Crippen LogP contribution in [0.4, 0.5) is 11.4 Å². The second-order valence-corrected chi connectivity index (χ2v) is 9.84. The smallest absolute Gasteiger partial charge is 0.258 e. The van der Waals surface area contributed by atoms with Crippen LogP contribution in [0.2, 0.25) is 0 Å². The van der Waals surface area contributed by atoms with Crippen molar-refractivity contribution in [1.29, 1.82) is 0 Å². The van der Waals surface area contributed by atoms with E-state index in [1.807, 2.05) is 54.3 Å². The molecule has 3 aromatic rings. The summed E-state index contributed by atoms with van der Waals surface area (Å²) in [6.07, 6.45) is 3.11. The van der Waals surface area contributed by atoms with Crippen molar-refractivity contribution in [1.82, 2.24) is 0 Å². The van der Waals surface area contributed by atoms with Crippen molar-refractivity contribution in [3.05, 3.63) is 95.1 Å². The summed E-state index contributed by atoms with van der Waals surface area (Å²) in [6.45, 7) is 2.90. The van der Waals surface area contributed by atoms with Crippen molar-refractivity contribution in [3.63, 3.8) is 0 Å².